The smallest absolute Gasteiger partial charge is 0.336 e. The van der Waals surface area contributed by atoms with E-state index in [2.05, 4.69) is 0 Å². The Labute approximate surface area is 74.6 Å². The number of carboxylic acids is 1. The predicted molar refractivity (Wildman–Crippen MR) is 40.7 cm³/mol. The highest BCUT2D eigenvalue weighted by Gasteiger charge is 2.48. The van der Waals surface area contributed by atoms with E-state index in [1.165, 1.54) is 13.8 Å². The molecule has 0 aliphatic carbocycles. The lowest BCUT2D eigenvalue weighted by Gasteiger charge is -2.15. The molecule has 2 atom stereocenters. The van der Waals surface area contributed by atoms with Crippen LogP contribution in [0.3, 0.4) is 0 Å². The maximum Gasteiger partial charge on any atom is 0.336 e. The van der Waals surface area contributed by atoms with Crippen LogP contribution in [0.1, 0.15) is 13.8 Å². The zero-order valence-electron chi connectivity index (χ0n) is 7.31. The molecule has 0 radical (unpaired) electrons. The molecule has 1 rings (SSSR count). The lowest BCUT2D eigenvalue weighted by molar-refractivity contribution is -0.166. The van der Waals surface area contributed by atoms with Gasteiger partial charge >= 0.3 is 5.97 Å². The molecule has 3 N–H and O–H groups in total. The van der Waals surface area contributed by atoms with Gasteiger partial charge in [-0.25, -0.2) is 4.79 Å². The third-order valence-corrected chi connectivity index (χ3v) is 1.62. The van der Waals surface area contributed by atoms with Crippen molar-refractivity contribution in [3.8, 4) is 0 Å². The van der Waals surface area contributed by atoms with E-state index in [0.717, 1.165) is 0 Å². The van der Waals surface area contributed by atoms with E-state index < -0.39 is 29.9 Å². The molecule has 0 aromatic rings. The lowest BCUT2D eigenvalue weighted by Crippen LogP contribution is -2.41. The van der Waals surface area contributed by atoms with Gasteiger partial charge in [-0.1, -0.05) is 0 Å². The van der Waals surface area contributed by atoms with Gasteiger partial charge in [-0.3, -0.25) is 4.79 Å². The van der Waals surface area contributed by atoms with Crippen LogP contribution in [0.4, 0.5) is 0 Å². The molecule has 0 aromatic carbocycles. The van der Waals surface area contributed by atoms with Crippen molar-refractivity contribution >= 4 is 11.9 Å². The van der Waals surface area contributed by atoms with Crippen LogP contribution in [-0.4, -0.2) is 35.0 Å². The number of carbonyl (C=O) groups excluding carboxylic acids is 1. The first kappa shape index (κ1) is 9.94. The summed E-state index contributed by atoms with van der Waals surface area (Å²) in [6.45, 7) is 3.04. The number of amides is 1. The van der Waals surface area contributed by atoms with Crippen molar-refractivity contribution in [1.29, 1.82) is 0 Å². The Hall–Kier alpha value is -1.14. The van der Waals surface area contributed by atoms with Crippen LogP contribution >= 0.6 is 0 Å². The Morgan fingerprint density at radius 1 is 1.31 bits per heavy atom. The summed E-state index contributed by atoms with van der Waals surface area (Å²) in [6, 6.07) is 0. The molecule has 0 bridgehead atoms. The van der Waals surface area contributed by atoms with Crippen LogP contribution in [0.25, 0.3) is 0 Å². The maximum atomic E-state index is 10.8. The number of rotatable bonds is 2. The fraction of sp³-hybridized carbons (Fsp3) is 0.714. The minimum Gasteiger partial charge on any atom is -0.479 e. The quantitative estimate of drug-likeness (QED) is 0.585. The minimum atomic E-state index is -1.31. The normalized spacial score (nSPS) is 31.5. The summed E-state index contributed by atoms with van der Waals surface area (Å²) in [7, 11) is 0. The Morgan fingerprint density at radius 3 is 2.08 bits per heavy atom. The van der Waals surface area contributed by atoms with Gasteiger partial charge in [0.2, 0.25) is 5.91 Å². The molecule has 1 aliphatic rings. The molecule has 74 valence electrons. The molecule has 0 aromatic heterocycles. The molecule has 1 fully saturated rings. The van der Waals surface area contributed by atoms with Gasteiger partial charge in [0.1, 0.15) is 0 Å². The van der Waals surface area contributed by atoms with Gasteiger partial charge in [-0.2, -0.15) is 0 Å². The third-order valence-electron chi connectivity index (χ3n) is 1.62. The van der Waals surface area contributed by atoms with Crippen LogP contribution in [0, 0.1) is 0 Å². The second-order valence-electron chi connectivity index (χ2n) is 3.22. The van der Waals surface area contributed by atoms with Gasteiger partial charge in [0.05, 0.1) is 0 Å². The van der Waals surface area contributed by atoms with Crippen molar-refractivity contribution < 1.29 is 24.2 Å². The van der Waals surface area contributed by atoms with Crippen LogP contribution in [0.5, 0.6) is 0 Å². The monoisotopic (exact) mass is 189 g/mol. The Morgan fingerprint density at radius 2 is 1.77 bits per heavy atom. The van der Waals surface area contributed by atoms with Crippen LogP contribution in [-0.2, 0) is 19.1 Å². The van der Waals surface area contributed by atoms with E-state index in [-0.39, 0.29) is 0 Å². The number of carboxylic acid groups (broad SMARTS) is 1. The Bertz CT molecular complexity index is 225. The molecule has 6 nitrogen and oxygen atoms in total. The number of hydrogen-bond acceptors (Lipinski definition) is 4. The minimum absolute atomic E-state index is 0.835. The molecule has 13 heavy (non-hydrogen) atoms. The Balaban J connectivity index is 2.83. The van der Waals surface area contributed by atoms with Crippen molar-refractivity contribution in [2.24, 2.45) is 5.73 Å². The fourth-order valence-corrected chi connectivity index (χ4v) is 1.15. The van der Waals surface area contributed by atoms with Crippen molar-refractivity contribution in [3.05, 3.63) is 0 Å². The molecular weight excluding hydrogens is 178 g/mol. The average molecular weight is 189 g/mol. The standard InChI is InChI=1S/C7H11NO5/c1-7(2)12-3(5(8)9)4(13-7)6(10)11/h3-4H,1-2H3,(H2,8,9)(H,10,11)/t3-,4-/m1/s1. The highest BCUT2D eigenvalue weighted by Crippen LogP contribution is 2.27. The highest BCUT2D eigenvalue weighted by atomic mass is 16.8. The molecule has 1 aliphatic heterocycles. The summed E-state index contributed by atoms with van der Waals surface area (Å²) in [5.74, 6) is -3.17. The zero-order chi connectivity index (χ0) is 10.2. The van der Waals surface area contributed by atoms with Crippen LogP contribution in [0.15, 0.2) is 0 Å². The molecule has 1 saturated heterocycles. The van der Waals surface area contributed by atoms with E-state index in [4.69, 9.17) is 20.3 Å². The number of primary amides is 1. The Kier molecular flexibility index (Phi) is 2.27. The summed E-state index contributed by atoms with van der Waals surface area (Å²) < 4.78 is 9.97. The SMILES string of the molecule is CC1(C)O[C@@H](C(N)=O)[C@H](C(=O)O)O1. The third kappa shape index (κ3) is 1.96. The second kappa shape index (κ2) is 2.97. The summed E-state index contributed by atoms with van der Waals surface area (Å²) in [5.41, 5.74) is 4.94. The summed E-state index contributed by atoms with van der Waals surface area (Å²) in [5, 5.41) is 8.65. The van der Waals surface area contributed by atoms with Crippen molar-refractivity contribution in [3.63, 3.8) is 0 Å². The van der Waals surface area contributed by atoms with Crippen LogP contribution < -0.4 is 5.73 Å². The summed E-state index contributed by atoms with van der Waals surface area (Å²) >= 11 is 0. The first-order valence-corrected chi connectivity index (χ1v) is 3.71. The van der Waals surface area contributed by atoms with Gasteiger partial charge in [0.15, 0.2) is 18.0 Å². The van der Waals surface area contributed by atoms with Crippen molar-refractivity contribution in [2.75, 3.05) is 0 Å². The molecular formula is C7H11NO5. The number of hydrogen-bond donors (Lipinski definition) is 2. The van der Waals surface area contributed by atoms with Gasteiger partial charge in [0.25, 0.3) is 0 Å². The van der Waals surface area contributed by atoms with Crippen LogP contribution in [0.2, 0.25) is 0 Å². The zero-order valence-corrected chi connectivity index (χ0v) is 7.31. The lowest BCUT2D eigenvalue weighted by atomic mass is 10.2. The van der Waals surface area contributed by atoms with E-state index in [9.17, 15) is 9.59 Å². The van der Waals surface area contributed by atoms with Crippen molar-refractivity contribution in [2.45, 2.75) is 31.8 Å². The van der Waals surface area contributed by atoms with Gasteiger partial charge < -0.3 is 20.3 Å². The summed E-state index contributed by atoms with van der Waals surface area (Å²) in [4.78, 5) is 21.3. The van der Waals surface area contributed by atoms with Crippen molar-refractivity contribution in [1.82, 2.24) is 0 Å². The number of carbonyl (C=O) groups is 2. The average Bonchev–Trinajstić information content (AvgIpc) is 2.26. The first-order chi connectivity index (χ1) is 5.83. The van der Waals surface area contributed by atoms with E-state index in [1.807, 2.05) is 0 Å². The van der Waals surface area contributed by atoms with E-state index in [0.29, 0.717) is 0 Å². The van der Waals surface area contributed by atoms with E-state index in [1.54, 1.807) is 0 Å². The predicted octanol–water partition coefficient (Wildman–Crippen LogP) is -0.924. The van der Waals surface area contributed by atoms with Gasteiger partial charge in [-0.05, 0) is 13.8 Å². The molecule has 0 unspecified atom stereocenters. The van der Waals surface area contributed by atoms with Gasteiger partial charge in [0, 0.05) is 0 Å². The maximum absolute atomic E-state index is 10.8. The molecule has 1 amide bonds. The van der Waals surface area contributed by atoms with E-state index >= 15 is 0 Å². The fourth-order valence-electron chi connectivity index (χ4n) is 1.15. The molecule has 6 heteroatoms. The molecule has 0 spiro atoms. The number of aliphatic carboxylic acids is 1. The molecule has 0 saturated carbocycles. The van der Waals surface area contributed by atoms with Gasteiger partial charge in [-0.15, -0.1) is 0 Å². The highest BCUT2D eigenvalue weighted by molar-refractivity contribution is 5.87. The largest absolute Gasteiger partial charge is 0.479 e. The first-order valence-electron chi connectivity index (χ1n) is 3.71. The second-order valence-corrected chi connectivity index (χ2v) is 3.22. The number of nitrogens with two attached hydrogens (primary N) is 1. The number of ether oxygens (including phenoxy) is 2. The summed E-state index contributed by atoms with van der Waals surface area (Å²) in [6.07, 6.45) is -2.53. The molecule has 1 heterocycles. The topological polar surface area (TPSA) is 98.9 Å².